The van der Waals surface area contributed by atoms with E-state index in [4.69, 9.17) is 0 Å². The molecule has 1 amide bonds. The molecule has 0 radical (unpaired) electrons. The zero-order chi connectivity index (χ0) is 14.7. The Morgan fingerprint density at radius 2 is 2.30 bits per heavy atom. The third-order valence-electron chi connectivity index (χ3n) is 3.67. The normalized spacial score (nSPS) is 19.6. The van der Waals surface area contributed by atoms with Gasteiger partial charge in [-0.2, -0.15) is 0 Å². The van der Waals surface area contributed by atoms with Gasteiger partial charge >= 0.3 is 0 Å². The summed E-state index contributed by atoms with van der Waals surface area (Å²) in [7, 11) is 0. The minimum absolute atomic E-state index is 0.0433. The predicted octanol–water partition coefficient (Wildman–Crippen LogP) is 1.83. The Bertz CT molecular complexity index is 524. The fourth-order valence-corrected chi connectivity index (χ4v) is 2.40. The Morgan fingerprint density at radius 1 is 1.55 bits per heavy atom. The smallest absolute Gasteiger partial charge is 0.272 e. The Kier molecular flexibility index (Phi) is 4.34. The number of nitrogens with zero attached hydrogens (tertiary/aromatic N) is 1. The summed E-state index contributed by atoms with van der Waals surface area (Å²) in [5.41, 5.74) is 1.45. The number of carbonyl (C=O) groups is 1. The number of amides is 1. The van der Waals surface area contributed by atoms with Gasteiger partial charge in [-0.15, -0.1) is 0 Å². The second-order valence-corrected chi connectivity index (χ2v) is 5.18. The van der Waals surface area contributed by atoms with E-state index in [9.17, 15) is 14.9 Å². The highest BCUT2D eigenvalue weighted by molar-refractivity contribution is 5.82. The van der Waals surface area contributed by atoms with E-state index in [2.05, 4.69) is 10.6 Å². The Labute approximate surface area is 117 Å². The van der Waals surface area contributed by atoms with Crippen LogP contribution < -0.4 is 10.6 Å². The average Bonchev–Trinajstić information content (AvgIpc) is 2.92. The number of nitro groups is 1. The molecule has 0 saturated carbocycles. The van der Waals surface area contributed by atoms with Crippen molar-refractivity contribution in [3.63, 3.8) is 0 Å². The Hall–Kier alpha value is -1.95. The minimum Gasteiger partial charge on any atom is -0.348 e. The van der Waals surface area contributed by atoms with E-state index in [1.54, 1.807) is 13.0 Å². The van der Waals surface area contributed by atoms with Crippen LogP contribution in [0.4, 0.5) is 5.69 Å². The number of nitro benzene ring substituents is 1. The van der Waals surface area contributed by atoms with Crippen molar-refractivity contribution in [1.82, 2.24) is 10.6 Å². The van der Waals surface area contributed by atoms with Gasteiger partial charge in [0.25, 0.3) is 5.69 Å². The van der Waals surface area contributed by atoms with Gasteiger partial charge in [0.15, 0.2) is 0 Å². The maximum atomic E-state index is 12.0. The molecule has 0 bridgehead atoms. The van der Waals surface area contributed by atoms with Crippen LogP contribution in [0, 0.1) is 17.0 Å². The lowest BCUT2D eigenvalue weighted by molar-refractivity contribution is -0.385. The molecule has 1 heterocycles. The van der Waals surface area contributed by atoms with E-state index in [0.29, 0.717) is 5.56 Å². The number of nitrogens with one attached hydrogen (secondary N) is 2. The quantitative estimate of drug-likeness (QED) is 0.649. The van der Waals surface area contributed by atoms with Gasteiger partial charge in [-0.1, -0.05) is 12.1 Å². The second-order valence-electron chi connectivity index (χ2n) is 5.18. The lowest BCUT2D eigenvalue weighted by Gasteiger charge is -2.17. The molecule has 1 fully saturated rings. The van der Waals surface area contributed by atoms with Gasteiger partial charge in [0, 0.05) is 11.6 Å². The molecule has 108 valence electrons. The zero-order valence-corrected chi connectivity index (χ0v) is 11.7. The van der Waals surface area contributed by atoms with E-state index in [-0.39, 0.29) is 23.7 Å². The van der Waals surface area contributed by atoms with Crippen molar-refractivity contribution in [3.05, 3.63) is 39.4 Å². The Morgan fingerprint density at radius 3 is 2.90 bits per heavy atom. The maximum absolute atomic E-state index is 12.0. The van der Waals surface area contributed by atoms with Crippen molar-refractivity contribution in [1.29, 1.82) is 0 Å². The molecule has 2 N–H and O–H groups in total. The second kappa shape index (κ2) is 6.00. The van der Waals surface area contributed by atoms with Crippen LogP contribution in [0.5, 0.6) is 0 Å². The number of hydrogen-bond donors (Lipinski definition) is 2. The fraction of sp³-hybridized carbons (Fsp3) is 0.500. The van der Waals surface area contributed by atoms with Crippen molar-refractivity contribution in [2.75, 3.05) is 6.54 Å². The molecule has 2 rings (SSSR count). The molecular formula is C14H19N3O3. The summed E-state index contributed by atoms with van der Waals surface area (Å²) >= 11 is 0. The van der Waals surface area contributed by atoms with Gasteiger partial charge in [0.05, 0.1) is 17.0 Å². The highest BCUT2D eigenvalue weighted by atomic mass is 16.6. The molecule has 0 aromatic heterocycles. The molecule has 0 spiro atoms. The van der Waals surface area contributed by atoms with E-state index in [1.807, 2.05) is 13.0 Å². The van der Waals surface area contributed by atoms with E-state index >= 15 is 0 Å². The van der Waals surface area contributed by atoms with Gasteiger partial charge in [-0.3, -0.25) is 14.9 Å². The van der Waals surface area contributed by atoms with Crippen LogP contribution in [-0.2, 0) is 4.79 Å². The van der Waals surface area contributed by atoms with Gasteiger partial charge in [-0.25, -0.2) is 0 Å². The fourth-order valence-electron chi connectivity index (χ4n) is 2.40. The minimum atomic E-state index is -0.397. The Balaban J connectivity index is 2.08. The topological polar surface area (TPSA) is 84.3 Å². The third-order valence-corrected chi connectivity index (χ3v) is 3.67. The molecule has 1 aromatic rings. The van der Waals surface area contributed by atoms with Crippen LogP contribution in [0.2, 0.25) is 0 Å². The van der Waals surface area contributed by atoms with Gasteiger partial charge in [0.2, 0.25) is 5.91 Å². The summed E-state index contributed by atoms with van der Waals surface area (Å²) in [6, 6.07) is 4.67. The average molecular weight is 277 g/mol. The molecule has 0 aliphatic carbocycles. The van der Waals surface area contributed by atoms with Crippen molar-refractivity contribution in [2.24, 2.45) is 0 Å². The van der Waals surface area contributed by atoms with Crippen LogP contribution in [0.15, 0.2) is 18.2 Å². The predicted molar refractivity (Wildman–Crippen MR) is 75.4 cm³/mol. The highest BCUT2D eigenvalue weighted by Gasteiger charge is 2.24. The lowest BCUT2D eigenvalue weighted by Crippen LogP contribution is -2.41. The van der Waals surface area contributed by atoms with Gasteiger partial charge in [0.1, 0.15) is 0 Å². The number of hydrogen-bond acceptors (Lipinski definition) is 4. The van der Waals surface area contributed by atoms with Crippen LogP contribution in [0.1, 0.15) is 36.9 Å². The highest BCUT2D eigenvalue weighted by Crippen LogP contribution is 2.23. The maximum Gasteiger partial charge on any atom is 0.272 e. The first-order valence-electron chi connectivity index (χ1n) is 6.77. The zero-order valence-electron chi connectivity index (χ0n) is 11.7. The van der Waals surface area contributed by atoms with E-state index in [1.165, 1.54) is 6.07 Å². The van der Waals surface area contributed by atoms with Crippen LogP contribution in [0.25, 0.3) is 0 Å². The molecule has 1 saturated heterocycles. The molecular weight excluding hydrogens is 258 g/mol. The van der Waals surface area contributed by atoms with Crippen LogP contribution >= 0.6 is 0 Å². The number of rotatable bonds is 4. The molecule has 20 heavy (non-hydrogen) atoms. The van der Waals surface area contributed by atoms with Gasteiger partial charge < -0.3 is 10.6 Å². The van der Waals surface area contributed by atoms with Crippen LogP contribution in [-0.4, -0.2) is 23.4 Å². The van der Waals surface area contributed by atoms with Crippen LogP contribution in [0.3, 0.4) is 0 Å². The largest absolute Gasteiger partial charge is 0.348 e. The molecule has 6 heteroatoms. The number of carbonyl (C=O) groups excluding carboxylic acids is 1. The monoisotopic (exact) mass is 277 g/mol. The first-order chi connectivity index (χ1) is 9.49. The molecule has 0 unspecified atom stereocenters. The van der Waals surface area contributed by atoms with E-state index in [0.717, 1.165) is 24.9 Å². The first kappa shape index (κ1) is 14.5. The van der Waals surface area contributed by atoms with Crippen molar-refractivity contribution in [2.45, 2.75) is 38.8 Å². The summed E-state index contributed by atoms with van der Waals surface area (Å²) in [5, 5.41) is 17.0. The first-order valence-corrected chi connectivity index (χ1v) is 6.77. The summed E-state index contributed by atoms with van der Waals surface area (Å²) in [5.74, 6) is -0.0433. The summed E-state index contributed by atoms with van der Waals surface area (Å²) in [6.45, 7) is 4.40. The SMILES string of the molecule is Cc1ccc([C@@H](C)NC(=O)[C@H]2CCCN2)cc1[N+](=O)[O-]. The summed E-state index contributed by atoms with van der Waals surface area (Å²) < 4.78 is 0. The lowest BCUT2D eigenvalue weighted by atomic mass is 10.0. The molecule has 1 aliphatic rings. The van der Waals surface area contributed by atoms with E-state index < -0.39 is 4.92 Å². The number of benzene rings is 1. The number of aryl methyl sites for hydroxylation is 1. The third kappa shape index (κ3) is 3.14. The van der Waals surface area contributed by atoms with Crippen molar-refractivity contribution < 1.29 is 9.72 Å². The molecule has 1 aliphatic heterocycles. The van der Waals surface area contributed by atoms with Gasteiger partial charge in [-0.05, 0) is 38.8 Å². The summed E-state index contributed by atoms with van der Waals surface area (Å²) in [6.07, 6.45) is 1.84. The summed E-state index contributed by atoms with van der Waals surface area (Å²) in [4.78, 5) is 22.5. The standard InChI is InChI=1S/C14H19N3O3/c1-9-5-6-11(8-13(9)17(19)20)10(2)16-14(18)12-4-3-7-15-12/h5-6,8,10,12,15H,3-4,7H2,1-2H3,(H,16,18)/t10-,12-/m1/s1. The molecule has 2 atom stereocenters. The van der Waals surface area contributed by atoms with Crippen molar-refractivity contribution in [3.8, 4) is 0 Å². The molecule has 1 aromatic carbocycles. The molecule has 6 nitrogen and oxygen atoms in total. The van der Waals surface area contributed by atoms with Crippen molar-refractivity contribution >= 4 is 11.6 Å².